The summed E-state index contributed by atoms with van der Waals surface area (Å²) in [5.74, 6) is 1.65. The van der Waals surface area contributed by atoms with Gasteiger partial charge >= 0.3 is 0 Å². The Morgan fingerprint density at radius 3 is 2.21 bits per heavy atom. The summed E-state index contributed by atoms with van der Waals surface area (Å²) in [7, 11) is 3.25. The van der Waals surface area contributed by atoms with Gasteiger partial charge in [0, 0.05) is 36.8 Å². The Kier molecular flexibility index (Phi) is 9.39. The summed E-state index contributed by atoms with van der Waals surface area (Å²) < 4.78 is 19.3. The minimum Gasteiger partial charge on any atom is -0.497 e. The van der Waals surface area contributed by atoms with Crippen molar-refractivity contribution in [1.82, 2.24) is 14.7 Å². The number of pyridine rings is 1. The summed E-state index contributed by atoms with van der Waals surface area (Å²) in [6.45, 7) is 2.48. The number of nitrogens with zero attached hydrogens (tertiary/aromatic N) is 2. The van der Waals surface area contributed by atoms with Gasteiger partial charge in [-0.15, -0.1) is 0 Å². The highest BCUT2D eigenvalue weighted by atomic mass is 16.5. The van der Waals surface area contributed by atoms with Gasteiger partial charge in [-0.1, -0.05) is 60.7 Å². The fourth-order valence-electron chi connectivity index (χ4n) is 5.15. The molecule has 216 valence electrons. The van der Waals surface area contributed by atoms with E-state index in [1.165, 1.54) is 5.56 Å². The number of benzene rings is 3. The topological polar surface area (TPSA) is 74.1 Å². The lowest BCUT2D eigenvalue weighted by Crippen LogP contribution is -2.34. The third-order valence-corrected chi connectivity index (χ3v) is 7.40. The van der Waals surface area contributed by atoms with Crippen LogP contribution in [0.15, 0.2) is 103 Å². The van der Waals surface area contributed by atoms with Crippen LogP contribution in [-0.2, 0) is 17.8 Å². The normalized spacial score (nSPS) is 12.5. The number of rotatable bonds is 13. The van der Waals surface area contributed by atoms with Gasteiger partial charge in [-0.2, -0.15) is 0 Å². The maximum Gasteiger partial charge on any atom is 0.221 e. The largest absolute Gasteiger partial charge is 0.497 e. The Hall–Kier alpha value is -4.78. The second kappa shape index (κ2) is 13.7. The Balaban J connectivity index is 1.41. The summed E-state index contributed by atoms with van der Waals surface area (Å²) in [6.07, 6.45) is 5.77. The molecule has 0 spiro atoms. The molecule has 7 nitrogen and oxygen atoms in total. The van der Waals surface area contributed by atoms with E-state index >= 15 is 0 Å². The van der Waals surface area contributed by atoms with Crippen molar-refractivity contribution < 1.29 is 19.0 Å². The van der Waals surface area contributed by atoms with Crippen LogP contribution in [0.4, 0.5) is 0 Å². The van der Waals surface area contributed by atoms with E-state index in [2.05, 4.69) is 24.4 Å². The molecule has 0 aliphatic heterocycles. The minimum absolute atomic E-state index is 0.0263. The van der Waals surface area contributed by atoms with Gasteiger partial charge in [0.25, 0.3) is 0 Å². The molecule has 1 amide bonds. The van der Waals surface area contributed by atoms with Crippen LogP contribution in [-0.4, -0.2) is 35.6 Å². The molecule has 5 aromatic rings. The molecule has 2 atom stereocenters. The van der Waals surface area contributed by atoms with Crippen molar-refractivity contribution in [2.75, 3.05) is 14.2 Å². The van der Waals surface area contributed by atoms with Crippen molar-refractivity contribution in [1.29, 1.82) is 0 Å². The van der Waals surface area contributed by atoms with Gasteiger partial charge in [-0.25, -0.2) is 4.98 Å². The molecule has 7 heteroatoms. The maximum absolute atomic E-state index is 13.5. The summed E-state index contributed by atoms with van der Waals surface area (Å²) in [5, 5.41) is 3.21. The predicted molar refractivity (Wildman–Crippen MR) is 164 cm³/mol. The molecule has 3 aromatic carbocycles. The second-order valence-electron chi connectivity index (χ2n) is 10.4. The molecule has 42 heavy (non-hydrogen) atoms. The fraction of sp³-hybridized carbons (Fsp3) is 0.257. The first-order valence-electron chi connectivity index (χ1n) is 14.2. The number of hydrogen-bond donors (Lipinski definition) is 1. The van der Waals surface area contributed by atoms with Crippen LogP contribution in [0.3, 0.4) is 0 Å². The molecule has 2 aromatic heterocycles. The molecule has 0 aliphatic carbocycles. The molecule has 0 aliphatic rings. The van der Waals surface area contributed by atoms with E-state index in [9.17, 15) is 4.79 Å². The van der Waals surface area contributed by atoms with Crippen molar-refractivity contribution in [2.24, 2.45) is 0 Å². The van der Waals surface area contributed by atoms with Crippen LogP contribution in [0.5, 0.6) is 17.2 Å². The van der Waals surface area contributed by atoms with E-state index in [1.54, 1.807) is 14.2 Å². The number of methoxy groups -OCH3 is 2. The smallest absolute Gasteiger partial charge is 0.221 e. The van der Waals surface area contributed by atoms with Gasteiger partial charge in [0.15, 0.2) is 11.4 Å². The van der Waals surface area contributed by atoms with Gasteiger partial charge in [0.1, 0.15) is 18.1 Å². The molecule has 0 saturated heterocycles. The molecule has 0 saturated carbocycles. The molecule has 0 unspecified atom stereocenters. The third-order valence-electron chi connectivity index (χ3n) is 7.40. The van der Waals surface area contributed by atoms with Gasteiger partial charge in [0.05, 0.1) is 19.9 Å². The van der Waals surface area contributed by atoms with Crippen LogP contribution in [0.25, 0.3) is 5.65 Å². The highest BCUT2D eigenvalue weighted by molar-refractivity contribution is 5.78. The van der Waals surface area contributed by atoms with E-state index in [1.807, 2.05) is 95.7 Å². The Bertz CT molecular complexity index is 1580. The summed E-state index contributed by atoms with van der Waals surface area (Å²) >= 11 is 0. The minimum atomic E-state index is -0.310. The number of carbonyl (C=O) groups excluding carboxylic acids is 1. The van der Waals surface area contributed by atoms with E-state index in [0.717, 1.165) is 29.7 Å². The van der Waals surface area contributed by atoms with Crippen molar-refractivity contribution in [3.63, 3.8) is 0 Å². The first-order valence-corrected chi connectivity index (χ1v) is 14.2. The molecule has 2 heterocycles. The molecular formula is C35H37N3O4. The van der Waals surface area contributed by atoms with Gasteiger partial charge < -0.3 is 23.9 Å². The Morgan fingerprint density at radius 1 is 0.881 bits per heavy atom. The van der Waals surface area contributed by atoms with Crippen molar-refractivity contribution in [3.8, 4) is 17.2 Å². The molecule has 5 rings (SSSR count). The highest BCUT2D eigenvalue weighted by Crippen LogP contribution is 2.35. The van der Waals surface area contributed by atoms with Crippen LogP contribution in [0.1, 0.15) is 48.1 Å². The second-order valence-corrected chi connectivity index (χ2v) is 10.4. The molecule has 1 N–H and O–H groups in total. The summed E-state index contributed by atoms with van der Waals surface area (Å²) in [6, 6.07) is 30.0. The SMILES string of the molecule is COc1cc(OC)cc([C@H](CC(=O)N[C@H](C)CCc2ccccc2)c2cnc3c(OCc4ccccc4)cccn23)c1. The number of nitrogens with one attached hydrogen (secondary N) is 1. The van der Waals surface area contributed by atoms with Crippen molar-refractivity contribution in [3.05, 3.63) is 126 Å². The summed E-state index contributed by atoms with van der Waals surface area (Å²) in [5.41, 5.74) is 4.80. The van der Waals surface area contributed by atoms with E-state index in [4.69, 9.17) is 19.2 Å². The number of ether oxygens (including phenoxy) is 3. The fourth-order valence-corrected chi connectivity index (χ4v) is 5.15. The average molecular weight is 564 g/mol. The maximum atomic E-state index is 13.5. The van der Waals surface area contributed by atoms with Crippen LogP contribution < -0.4 is 19.5 Å². The van der Waals surface area contributed by atoms with E-state index < -0.39 is 0 Å². The van der Waals surface area contributed by atoms with Gasteiger partial charge in [-0.3, -0.25) is 4.79 Å². The number of amides is 1. The number of fused-ring (bicyclic) bond motifs is 1. The van der Waals surface area contributed by atoms with Gasteiger partial charge in [-0.05, 0) is 60.7 Å². The highest BCUT2D eigenvalue weighted by Gasteiger charge is 2.25. The lowest BCUT2D eigenvalue weighted by atomic mass is 9.91. The number of hydrogen-bond acceptors (Lipinski definition) is 5. The van der Waals surface area contributed by atoms with Crippen LogP contribution in [0.2, 0.25) is 0 Å². The van der Waals surface area contributed by atoms with E-state index in [0.29, 0.717) is 29.5 Å². The lowest BCUT2D eigenvalue weighted by molar-refractivity contribution is -0.121. The predicted octanol–water partition coefficient (Wildman–Crippen LogP) is 6.59. The van der Waals surface area contributed by atoms with Crippen molar-refractivity contribution in [2.45, 2.75) is 44.8 Å². The van der Waals surface area contributed by atoms with Crippen LogP contribution >= 0.6 is 0 Å². The summed E-state index contributed by atoms with van der Waals surface area (Å²) in [4.78, 5) is 18.2. The third kappa shape index (κ3) is 7.10. The number of aryl methyl sites for hydroxylation is 1. The molecule has 0 bridgehead atoms. The first kappa shape index (κ1) is 28.7. The van der Waals surface area contributed by atoms with Crippen LogP contribution in [0, 0.1) is 0 Å². The molecule has 0 fully saturated rings. The Morgan fingerprint density at radius 2 is 1.55 bits per heavy atom. The average Bonchev–Trinajstić information content (AvgIpc) is 3.47. The zero-order chi connectivity index (χ0) is 29.3. The first-order chi connectivity index (χ1) is 20.5. The Labute approximate surface area is 247 Å². The zero-order valence-corrected chi connectivity index (χ0v) is 24.3. The lowest BCUT2D eigenvalue weighted by Gasteiger charge is -2.21. The number of imidazole rings is 1. The van der Waals surface area contributed by atoms with Gasteiger partial charge in [0.2, 0.25) is 5.91 Å². The molecular weight excluding hydrogens is 526 g/mol. The zero-order valence-electron chi connectivity index (χ0n) is 24.3. The standard InChI is InChI=1S/C35H37N3O4/c1-25(16-17-26-11-6-4-7-12-26)37-34(39)22-31(28-19-29(40-2)21-30(20-28)41-3)32-23-36-35-33(15-10-18-38(32)35)42-24-27-13-8-5-9-14-27/h4-15,18-21,23,25,31H,16-17,22,24H2,1-3H3,(H,37,39)/t25-,31+/m1/s1. The monoisotopic (exact) mass is 563 g/mol. The number of aromatic nitrogens is 2. The van der Waals surface area contributed by atoms with E-state index in [-0.39, 0.29) is 24.3 Å². The number of carbonyl (C=O) groups is 1. The molecule has 0 radical (unpaired) electrons. The van der Waals surface area contributed by atoms with Crippen molar-refractivity contribution >= 4 is 11.6 Å². The quantitative estimate of drug-likeness (QED) is 0.175.